The van der Waals surface area contributed by atoms with Gasteiger partial charge in [-0.05, 0) is 36.7 Å². The number of benzene rings is 1. The van der Waals surface area contributed by atoms with Crippen molar-refractivity contribution in [1.29, 1.82) is 0 Å². The molecule has 100 valence electrons. The fourth-order valence-corrected chi connectivity index (χ4v) is 3.58. The largest absolute Gasteiger partial charge is 0.279 e. The molecule has 0 aliphatic rings. The van der Waals surface area contributed by atoms with Crippen molar-refractivity contribution in [3.63, 3.8) is 0 Å². The van der Waals surface area contributed by atoms with Crippen LogP contribution in [0.25, 0.3) is 0 Å². The van der Waals surface area contributed by atoms with Gasteiger partial charge in [0, 0.05) is 4.47 Å². The van der Waals surface area contributed by atoms with Crippen molar-refractivity contribution in [2.24, 2.45) is 0 Å². The van der Waals surface area contributed by atoms with E-state index in [1.54, 1.807) is 12.1 Å². The molecule has 18 heavy (non-hydrogen) atoms. The van der Waals surface area contributed by atoms with Crippen LogP contribution in [0.5, 0.6) is 0 Å². The molecule has 0 radical (unpaired) electrons. The SMILES string of the molecule is CC(C(=O)Cl)N(c1ccc(Br)cc1Cl)S(C)(=O)=O. The lowest BCUT2D eigenvalue weighted by Crippen LogP contribution is -2.41. The molecule has 0 heterocycles. The van der Waals surface area contributed by atoms with Crippen LogP contribution >= 0.6 is 39.1 Å². The molecule has 0 aromatic heterocycles. The van der Waals surface area contributed by atoms with E-state index in [2.05, 4.69) is 15.9 Å². The molecule has 1 unspecified atom stereocenters. The predicted molar refractivity (Wildman–Crippen MR) is 76.8 cm³/mol. The number of halogens is 3. The number of sulfonamides is 1. The van der Waals surface area contributed by atoms with Crippen LogP contribution in [-0.4, -0.2) is 26.0 Å². The van der Waals surface area contributed by atoms with Gasteiger partial charge in [0.1, 0.15) is 6.04 Å². The number of carbonyl (C=O) groups is 1. The highest BCUT2D eigenvalue weighted by Crippen LogP contribution is 2.32. The highest BCUT2D eigenvalue weighted by molar-refractivity contribution is 9.10. The van der Waals surface area contributed by atoms with Crippen molar-refractivity contribution in [3.8, 4) is 0 Å². The fraction of sp³-hybridized carbons (Fsp3) is 0.300. The first kappa shape index (κ1) is 15.8. The Kier molecular flexibility index (Phi) is 5.05. The summed E-state index contributed by atoms with van der Waals surface area (Å²) in [4.78, 5) is 11.2. The van der Waals surface area contributed by atoms with Crippen molar-refractivity contribution in [3.05, 3.63) is 27.7 Å². The predicted octanol–water partition coefficient (Wildman–Crippen LogP) is 3.02. The second kappa shape index (κ2) is 5.77. The Morgan fingerprint density at radius 3 is 2.39 bits per heavy atom. The Labute approximate surface area is 124 Å². The van der Waals surface area contributed by atoms with Crippen LogP contribution in [0.4, 0.5) is 5.69 Å². The third kappa shape index (κ3) is 3.60. The molecule has 1 aromatic carbocycles. The van der Waals surface area contributed by atoms with Gasteiger partial charge in [-0.25, -0.2) is 8.42 Å². The number of carbonyl (C=O) groups excluding carboxylic acids is 1. The summed E-state index contributed by atoms with van der Waals surface area (Å²) in [5, 5.41) is -0.570. The summed E-state index contributed by atoms with van der Waals surface area (Å²) >= 11 is 14.6. The standard InChI is InChI=1S/C10H10BrCl2NO3S/c1-6(10(13)15)14(18(2,16)17)9-4-3-7(11)5-8(9)12/h3-6H,1-2H3. The molecule has 0 amide bonds. The lowest BCUT2D eigenvalue weighted by atomic mass is 10.3. The Bertz CT molecular complexity index is 576. The topological polar surface area (TPSA) is 54.5 Å². The van der Waals surface area contributed by atoms with Crippen LogP contribution in [0.1, 0.15) is 6.92 Å². The van der Waals surface area contributed by atoms with Gasteiger partial charge in [-0.1, -0.05) is 27.5 Å². The number of nitrogens with zero attached hydrogens (tertiary/aromatic N) is 1. The maximum atomic E-state index is 11.8. The molecule has 0 spiro atoms. The summed E-state index contributed by atoms with van der Waals surface area (Å²) in [6.45, 7) is 1.40. The van der Waals surface area contributed by atoms with Crippen LogP contribution in [0.2, 0.25) is 5.02 Å². The van der Waals surface area contributed by atoms with Gasteiger partial charge in [0.05, 0.1) is 17.0 Å². The summed E-state index contributed by atoms with van der Waals surface area (Å²) in [6, 6.07) is 3.65. The summed E-state index contributed by atoms with van der Waals surface area (Å²) in [5.41, 5.74) is 0.212. The van der Waals surface area contributed by atoms with E-state index in [1.165, 1.54) is 13.0 Å². The van der Waals surface area contributed by atoms with Gasteiger partial charge in [0.25, 0.3) is 0 Å². The van der Waals surface area contributed by atoms with Gasteiger partial charge in [0.15, 0.2) is 0 Å². The minimum absolute atomic E-state index is 0.208. The first-order chi connectivity index (χ1) is 8.14. The molecule has 1 aromatic rings. The highest BCUT2D eigenvalue weighted by atomic mass is 79.9. The Balaban J connectivity index is 3.40. The zero-order valence-electron chi connectivity index (χ0n) is 9.52. The number of hydrogen-bond donors (Lipinski definition) is 0. The van der Waals surface area contributed by atoms with E-state index >= 15 is 0 Å². The minimum Gasteiger partial charge on any atom is -0.279 e. The maximum Gasteiger partial charge on any atom is 0.245 e. The molecule has 0 fully saturated rings. The van der Waals surface area contributed by atoms with E-state index in [0.717, 1.165) is 10.6 Å². The molecular weight excluding hydrogens is 365 g/mol. The van der Waals surface area contributed by atoms with Crippen molar-refractivity contribution in [2.75, 3.05) is 10.6 Å². The van der Waals surface area contributed by atoms with Crippen LogP contribution < -0.4 is 4.31 Å². The van der Waals surface area contributed by atoms with Crippen LogP contribution in [0, 0.1) is 0 Å². The van der Waals surface area contributed by atoms with Gasteiger partial charge >= 0.3 is 0 Å². The van der Waals surface area contributed by atoms with Gasteiger partial charge in [-0.15, -0.1) is 0 Å². The number of anilines is 1. The van der Waals surface area contributed by atoms with E-state index in [4.69, 9.17) is 23.2 Å². The summed E-state index contributed by atoms with van der Waals surface area (Å²) < 4.78 is 25.1. The quantitative estimate of drug-likeness (QED) is 0.761. The maximum absolute atomic E-state index is 11.8. The lowest BCUT2D eigenvalue weighted by molar-refractivity contribution is -0.112. The van der Waals surface area contributed by atoms with Gasteiger partial charge in [-0.3, -0.25) is 9.10 Å². The van der Waals surface area contributed by atoms with Gasteiger partial charge in [0.2, 0.25) is 15.3 Å². The zero-order chi connectivity index (χ0) is 14.1. The van der Waals surface area contributed by atoms with Crippen molar-refractivity contribution < 1.29 is 13.2 Å². The van der Waals surface area contributed by atoms with Crippen LogP contribution in [0.3, 0.4) is 0 Å². The molecule has 8 heteroatoms. The van der Waals surface area contributed by atoms with Gasteiger partial charge in [-0.2, -0.15) is 0 Å². The zero-order valence-corrected chi connectivity index (χ0v) is 13.4. The molecule has 1 rings (SSSR count). The normalized spacial score (nSPS) is 13.2. The molecule has 0 aliphatic carbocycles. The third-order valence-corrected chi connectivity index (χ3v) is 4.52. The average Bonchev–Trinajstić information content (AvgIpc) is 2.19. The van der Waals surface area contributed by atoms with E-state index < -0.39 is 21.3 Å². The van der Waals surface area contributed by atoms with Gasteiger partial charge < -0.3 is 0 Å². The average molecular weight is 375 g/mol. The molecule has 0 saturated heterocycles. The minimum atomic E-state index is -3.67. The molecule has 1 atom stereocenters. The van der Waals surface area contributed by atoms with E-state index in [9.17, 15) is 13.2 Å². The van der Waals surface area contributed by atoms with E-state index in [0.29, 0.717) is 4.47 Å². The van der Waals surface area contributed by atoms with E-state index in [-0.39, 0.29) is 10.7 Å². The lowest BCUT2D eigenvalue weighted by Gasteiger charge is -2.27. The number of hydrogen-bond acceptors (Lipinski definition) is 3. The molecule has 0 N–H and O–H groups in total. The smallest absolute Gasteiger partial charge is 0.245 e. The van der Waals surface area contributed by atoms with Crippen LogP contribution in [-0.2, 0) is 14.8 Å². The first-order valence-electron chi connectivity index (χ1n) is 4.78. The first-order valence-corrected chi connectivity index (χ1v) is 8.18. The Morgan fingerprint density at radius 2 is 2.00 bits per heavy atom. The molecule has 0 aliphatic heterocycles. The summed E-state index contributed by atoms with van der Waals surface area (Å²) in [6.07, 6.45) is 0.988. The molecular formula is C10H10BrCl2NO3S. The molecule has 0 saturated carbocycles. The second-order valence-electron chi connectivity index (χ2n) is 3.63. The highest BCUT2D eigenvalue weighted by Gasteiger charge is 2.29. The fourth-order valence-electron chi connectivity index (χ4n) is 1.43. The Morgan fingerprint density at radius 1 is 1.44 bits per heavy atom. The molecule has 0 bridgehead atoms. The monoisotopic (exact) mass is 373 g/mol. The van der Waals surface area contributed by atoms with Crippen molar-refractivity contribution in [1.82, 2.24) is 0 Å². The Hall–Kier alpha value is -0.300. The molecule has 4 nitrogen and oxygen atoms in total. The van der Waals surface area contributed by atoms with Crippen LogP contribution in [0.15, 0.2) is 22.7 Å². The number of rotatable bonds is 4. The third-order valence-electron chi connectivity index (χ3n) is 2.18. The summed E-state index contributed by atoms with van der Waals surface area (Å²) in [7, 11) is -3.67. The second-order valence-corrected chi connectivity index (χ2v) is 7.19. The summed E-state index contributed by atoms with van der Waals surface area (Å²) in [5.74, 6) is 0. The van der Waals surface area contributed by atoms with Crippen molar-refractivity contribution in [2.45, 2.75) is 13.0 Å². The van der Waals surface area contributed by atoms with Crippen molar-refractivity contribution >= 4 is 60.1 Å². The van der Waals surface area contributed by atoms with E-state index in [1.807, 2.05) is 0 Å².